The maximum atomic E-state index is 12.8. The lowest BCUT2D eigenvalue weighted by Crippen LogP contribution is -2.50. The van der Waals surface area contributed by atoms with E-state index >= 15 is 0 Å². The SMILES string of the molecule is Cc1cc2c(c3ccccc13)SC1(C=C2)N(C)c2ccc(C(=O)NCC(C)C)cc2C1(C)C. The largest absolute Gasteiger partial charge is 0.355 e. The number of nitrogens with one attached hydrogen (secondary N) is 1. The average molecular weight is 457 g/mol. The summed E-state index contributed by atoms with van der Waals surface area (Å²) >= 11 is 1.94. The van der Waals surface area contributed by atoms with Crippen molar-refractivity contribution in [2.45, 2.75) is 49.8 Å². The van der Waals surface area contributed by atoms with E-state index in [0.29, 0.717) is 12.5 Å². The lowest BCUT2D eigenvalue weighted by Gasteiger charge is -2.46. The van der Waals surface area contributed by atoms with Crippen molar-refractivity contribution in [1.82, 2.24) is 5.32 Å². The van der Waals surface area contributed by atoms with Gasteiger partial charge in [0.05, 0.1) is 0 Å². The minimum absolute atomic E-state index is 0.00422. The number of carbonyl (C=O) groups is 1. The van der Waals surface area contributed by atoms with E-state index in [1.54, 1.807) is 0 Å². The van der Waals surface area contributed by atoms with Gasteiger partial charge in [0.2, 0.25) is 0 Å². The van der Waals surface area contributed by atoms with Gasteiger partial charge in [0, 0.05) is 35.2 Å². The second-order valence-corrected chi connectivity index (χ2v) is 11.5. The van der Waals surface area contributed by atoms with E-state index in [9.17, 15) is 4.79 Å². The van der Waals surface area contributed by atoms with Crippen LogP contribution in [-0.2, 0) is 5.41 Å². The third-order valence-corrected chi connectivity index (χ3v) is 9.23. The molecule has 2 aliphatic rings. The molecule has 3 nitrogen and oxygen atoms in total. The Morgan fingerprint density at radius 1 is 1.09 bits per heavy atom. The van der Waals surface area contributed by atoms with Crippen molar-refractivity contribution >= 4 is 40.2 Å². The van der Waals surface area contributed by atoms with Crippen molar-refractivity contribution in [2.24, 2.45) is 5.92 Å². The Morgan fingerprint density at radius 3 is 2.55 bits per heavy atom. The van der Waals surface area contributed by atoms with Gasteiger partial charge >= 0.3 is 0 Å². The van der Waals surface area contributed by atoms with Crippen LogP contribution in [0.3, 0.4) is 0 Å². The van der Waals surface area contributed by atoms with Crippen molar-refractivity contribution in [1.29, 1.82) is 0 Å². The molecule has 1 unspecified atom stereocenters. The van der Waals surface area contributed by atoms with E-state index in [1.165, 1.54) is 38.0 Å². The van der Waals surface area contributed by atoms with Crippen LogP contribution in [0.25, 0.3) is 16.8 Å². The van der Waals surface area contributed by atoms with Crippen LogP contribution in [0.5, 0.6) is 0 Å². The number of hydrogen-bond donors (Lipinski definition) is 1. The summed E-state index contributed by atoms with van der Waals surface area (Å²) in [6.07, 6.45) is 4.67. The summed E-state index contributed by atoms with van der Waals surface area (Å²) in [5, 5.41) is 5.69. The summed E-state index contributed by atoms with van der Waals surface area (Å²) in [7, 11) is 2.19. The van der Waals surface area contributed by atoms with Gasteiger partial charge in [0.25, 0.3) is 5.91 Å². The van der Waals surface area contributed by atoms with Crippen LogP contribution in [0, 0.1) is 12.8 Å². The molecule has 1 atom stereocenters. The molecule has 1 amide bonds. The van der Waals surface area contributed by atoms with Gasteiger partial charge < -0.3 is 10.2 Å². The third-order valence-electron chi connectivity index (χ3n) is 7.34. The number of likely N-dealkylation sites (N-methyl/N-ethyl adjacent to an activating group) is 1. The summed E-state index contributed by atoms with van der Waals surface area (Å²) < 4.78 is 0. The summed E-state index contributed by atoms with van der Waals surface area (Å²) in [6.45, 7) is 11.7. The van der Waals surface area contributed by atoms with Crippen molar-refractivity contribution in [3.8, 4) is 0 Å². The molecule has 5 rings (SSSR count). The number of thioether (sulfide) groups is 1. The third kappa shape index (κ3) is 3.22. The Hall–Kier alpha value is -2.72. The molecule has 1 N–H and O–H groups in total. The van der Waals surface area contributed by atoms with Gasteiger partial charge in [0.1, 0.15) is 4.87 Å². The fourth-order valence-corrected chi connectivity index (χ4v) is 6.94. The Bertz CT molecular complexity index is 1310. The van der Waals surface area contributed by atoms with Gasteiger partial charge in [-0.1, -0.05) is 75.9 Å². The number of fused-ring (bicyclic) bond motifs is 4. The quantitative estimate of drug-likeness (QED) is 0.472. The second-order valence-electron chi connectivity index (χ2n) is 10.3. The van der Waals surface area contributed by atoms with Crippen LogP contribution in [-0.4, -0.2) is 24.4 Å². The first-order chi connectivity index (χ1) is 15.7. The Balaban J connectivity index is 1.59. The number of nitrogens with zero attached hydrogens (tertiary/aromatic N) is 1. The standard InChI is InChI=1S/C29H32N2OS/c1-18(2)17-30-27(32)21-11-12-25-24(16-21)28(4,5)29(31(25)6)14-13-20-15-19(3)22-9-7-8-10-23(22)26(20)33-29/h7-16,18H,17H2,1-6H3,(H,30,32). The van der Waals surface area contributed by atoms with Crippen LogP contribution in [0.4, 0.5) is 5.69 Å². The molecule has 2 aliphatic heterocycles. The molecule has 2 heterocycles. The smallest absolute Gasteiger partial charge is 0.251 e. The Morgan fingerprint density at radius 2 is 1.82 bits per heavy atom. The molecule has 1 spiro atoms. The van der Waals surface area contributed by atoms with Crippen LogP contribution in [0.15, 0.2) is 59.5 Å². The number of anilines is 1. The van der Waals surface area contributed by atoms with Crippen molar-refractivity contribution in [3.05, 3.63) is 76.9 Å². The molecule has 0 bridgehead atoms. The minimum Gasteiger partial charge on any atom is -0.355 e. The van der Waals surface area contributed by atoms with Crippen LogP contribution in [0.1, 0.15) is 54.7 Å². The molecule has 170 valence electrons. The van der Waals surface area contributed by atoms with Crippen LogP contribution < -0.4 is 10.2 Å². The minimum atomic E-state index is -0.270. The van der Waals surface area contributed by atoms with Gasteiger partial charge in [-0.2, -0.15) is 0 Å². The predicted octanol–water partition coefficient (Wildman–Crippen LogP) is 6.78. The van der Waals surface area contributed by atoms with E-state index in [2.05, 4.69) is 106 Å². The van der Waals surface area contributed by atoms with E-state index < -0.39 is 0 Å². The lowest BCUT2D eigenvalue weighted by atomic mass is 9.78. The molecule has 0 saturated carbocycles. The molecular formula is C29H32N2OS. The summed E-state index contributed by atoms with van der Waals surface area (Å²) in [6, 6.07) is 17.2. The van der Waals surface area contributed by atoms with Gasteiger partial charge in [0.15, 0.2) is 0 Å². The number of carbonyl (C=O) groups excluding carboxylic acids is 1. The van der Waals surface area contributed by atoms with Gasteiger partial charge in [-0.05, 0) is 64.6 Å². The van der Waals surface area contributed by atoms with Crippen molar-refractivity contribution in [2.75, 3.05) is 18.5 Å². The molecule has 0 aliphatic carbocycles. The Kier molecular flexibility index (Phi) is 5.13. The first-order valence-electron chi connectivity index (χ1n) is 11.7. The Labute approximate surface area is 201 Å². The molecule has 33 heavy (non-hydrogen) atoms. The number of rotatable bonds is 3. The highest BCUT2D eigenvalue weighted by Crippen LogP contribution is 2.61. The fraction of sp³-hybridized carbons (Fsp3) is 0.345. The zero-order valence-electron chi connectivity index (χ0n) is 20.3. The molecular weight excluding hydrogens is 424 g/mol. The van der Waals surface area contributed by atoms with Crippen molar-refractivity contribution in [3.63, 3.8) is 0 Å². The second kappa shape index (κ2) is 7.66. The maximum Gasteiger partial charge on any atom is 0.251 e. The first-order valence-corrected chi connectivity index (χ1v) is 12.5. The number of aryl methyl sites for hydroxylation is 1. The monoisotopic (exact) mass is 456 g/mol. The molecule has 0 fully saturated rings. The highest BCUT2D eigenvalue weighted by atomic mass is 32.2. The van der Waals surface area contributed by atoms with E-state index in [4.69, 9.17) is 0 Å². The van der Waals surface area contributed by atoms with Crippen LogP contribution in [0.2, 0.25) is 0 Å². The number of hydrogen-bond acceptors (Lipinski definition) is 3. The summed E-state index contributed by atoms with van der Waals surface area (Å²) in [5.41, 5.74) is 5.55. The molecule has 0 aromatic heterocycles. The topological polar surface area (TPSA) is 32.3 Å². The number of amides is 1. The van der Waals surface area contributed by atoms with Gasteiger partial charge in [-0.3, -0.25) is 4.79 Å². The molecule has 0 saturated heterocycles. The number of benzene rings is 3. The van der Waals surface area contributed by atoms with Crippen LogP contribution >= 0.6 is 11.8 Å². The predicted molar refractivity (Wildman–Crippen MR) is 141 cm³/mol. The summed E-state index contributed by atoms with van der Waals surface area (Å²) in [5.74, 6) is 0.432. The summed E-state index contributed by atoms with van der Waals surface area (Å²) in [4.78, 5) is 16.3. The zero-order valence-corrected chi connectivity index (χ0v) is 21.1. The van der Waals surface area contributed by atoms with Gasteiger partial charge in [-0.15, -0.1) is 0 Å². The van der Waals surface area contributed by atoms with E-state index in [1.807, 2.05) is 17.8 Å². The average Bonchev–Trinajstić information content (AvgIpc) is 2.96. The van der Waals surface area contributed by atoms with E-state index in [-0.39, 0.29) is 16.2 Å². The van der Waals surface area contributed by atoms with E-state index in [0.717, 1.165) is 5.56 Å². The first kappa shape index (κ1) is 22.1. The highest BCUT2D eigenvalue weighted by Gasteiger charge is 2.56. The molecule has 3 aromatic rings. The van der Waals surface area contributed by atoms with Gasteiger partial charge in [-0.25, -0.2) is 0 Å². The normalized spacial score (nSPS) is 20.4. The lowest BCUT2D eigenvalue weighted by molar-refractivity contribution is 0.0949. The zero-order chi connectivity index (χ0) is 23.5. The molecule has 4 heteroatoms. The molecule has 0 radical (unpaired) electrons. The maximum absolute atomic E-state index is 12.8. The molecule has 3 aromatic carbocycles. The van der Waals surface area contributed by atoms with Crippen molar-refractivity contribution < 1.29 is 4.79 Å². The fourth-order valence-electron chi connectivity index (χ4n) is 5.36. The highest BCUT2D eigenvalue weighted by molar-refractivity contribution is 8.01.